The van der Waals surface area contributed by atoms with E-state index in [1.807, 2.05) is 13.8 Å². The Kier molecular flexibility index (Phi) is 3.78. The lowest BCUT2D eigenvalue weighted by molar-refractivity contribution is -0.155. The van der Waals surface area contributed by atoms with E-state index in [0.717, 1.165) is 0 Å². The number of hydrogen-bond acceptors (Lipinski definition) is 7. The molecule has 2 rings (SSSR count). The van der Waals surface area contributed by atoms with Gasteiger partial charge in [-0.1, -0.05) is 5.16 Å². The van der Waals surface area contributed by atoms with Crippen LogP contribution in [0.15, 0.2) is 10.7 Å². The molecule has 0 aliphatic heterocycles. The van der Waals surface area contributed by atoms with E-state index in [4.69, 9.17) is 14.0 Å². The Morgan fingerprint density at radius 1 is 1.35 bits per heavy atom. The molecule has 0 radical (unpaired) electrons. The lowest BCUT2D eigenvalue weighted by Crippen LogP contribution is -2.09. The van der Waals surface area contributed by atoms with E-state index in [-0.39, 0.29) is 5.89 Å². The van der Waals surface area contributed by atoms with Crippen LogP contribution in [0.1, 0.15) is 26.0 Å². The molecule has 0 aromatic carbocycles. The summed E-state index contributed by atoms with van der Waals surface area (Å²) in [5.74, 6) is 0.616. The van der Waals surface area contributed by atoms with Crippen molar-refractivity contribution in [2.24, 2.45) is 0 Å². The Morgan fingerprint density at radius 3 is 2.71 bits per heavy atom. The minimum atomic E-state index is -0.641. The van der Waals surface area contributed by atoms with Gasteiger partial charge in [-0.3, -0.25) is 0 Å². The van der Waals surface area contributed by atoms with Gasteiger partial charge in [0.15, 0.2) is 5.69 Å². The predicted molar refractivity (Wildman–Crippen MR) is 55.7 cm³/mol. The van der Waals surface area contributed by atoms with Crippen molar-refractivity contribution in [1.82, 2.24) is 25.6 Å². The van der Waals surface area contributed by atoms with Gasteiger partial charge in [0.2, 0.25) is 12.1 Å². The highest BCUT2D eigenvalue weighted by molar-refractivity contribution is 5.44. The Bertz CT molecular complexity index is 435. The molecule has 2 heterocycles. The molecule has 2 aromatic rings. The van der Waals surface area contributed by atoms with Gasteiger partial charge in [-0.2, -0.15) is 20.4 Å². The molecule has 0 aliphatic carbocycles. The molecule has 8 nitrogen and oxygen atoms in total. The number of ether oxygens (including phenoxy) is 2. The van der Waals surface area contributed by atoms with Crippen LogP contribution < -0.4 is 0 Å². The Labute approximate surface area is 97.3 Å². The van der Waals surface area contributed by atoms with Crippen molar-refractivity contribution in [1.29, 1.82) is 0 Å². The smallest absolute Gasteiger partial charge is 0.284 e. The van der Waals surface area contributed by atoms with E-state index in [0.29, 0.717) is 24.7 Å². The van der Waals surface area contributed by atoms with E-state index in [2.05, 4.69) is 25.6 Å². The van der Waals surface area contributed by atoms with Gasteiger partial charge in [0, 0.05) is 13.2 Å². The van der Waals surface area contributed by atoms with Crippen LogP contribution in [0.25, 0.3) is 11.5 Å². The second-order valence-electron chi connectivity index (χ2n) is 3.05. The van der Waals surface area contributed by atoms with Gasteiger partial charge in [0.05, 0.1) is 6.20 Å². The van der Waals surface area contributed by atoms with Crippen LogP contribution in [0.2, 0.25) is 0 Å². The fourth-order valence-corrected chi connectivity index (χ4v) is 1.24. The maximum Gasteiger partial charge on any atom is 0.284 e. The minimum absolute atomic E-state index is 0.270. The molecule has 0 aliphatic rings. The number of aromatic amines is 1. The van der Waals surface area contributed by atoms with E-state index in [9.17, 15) is 0 Å². The molecular formula is C9H13N5O3. The normalized spacial score (nSPS) is 11.2. The van der Waals surface area contributed by atoms with Crippen LogP contribution in [0.3, 0.4) is 0 Å². The van der Waals surface area contributed by atoms with Crippen molar-refractivity contribution >= 4 is 0 Å². The van der Waals surface area contributed by atoms with Crippen LogP contribution in [-0.4, -0.2) is 38.8 Å². The fraction of sp³-hybridized carbons (Fsp3) is 0.556. The summed E-state index contributed by atoms with van der Waals surface area (Å²) in [4.78, 5) is 4.14. The molecule has 8 heteroatoms. The number of nitrogens with one attached hydrogen (secondary N) is 1. The number of rotatable bonds is 6. The van der Waals surface area contributed by atoms with Crippen LogP contribution in [0.4, 0.5) is 0 Å². The summed E-state index contributed by atoms with van der Waals surface area (Å²) in [6.45, 7) is 4.71. The van der Waals surface area contributed by atoms with Gasteiger partial charge in [-0.25, -0.2) is 0 Å². The largest absolute Gasteiger partial charge is 0.345 e. The second-order valence-corrected chi connectivity index (χ2v) is 3.05. The van der Waals surface area contributed by atoms with Crippen LogP contribution in [0, 0.1) is 0 Å². The van der Waals surface area contributed by atoms with E-state index in [1.54, 1.807) is 0 Å². The van der Waals surface area contributed by atoms with Gasteiger partial charge < -0.3 is 14.0 Å². The summed E-state index contributed by atoms with van der Waals surface area (Å²) in [6.07, 6.45) is 0.864. The topological polar surface area (TPSA) is 99.0 Å². The molecule has 92 valence electrons. The fourth-order valence-electron chi connectivity index (χ4n) is 1.24. The van der Waals surface area contributed by atoms with Gasteiger partial charge in [0.25, 0.3) is 5.89 Å². The Morgan fingerprint density at radius 2 is 2.12 bits per heavy atom. The van der Waals surface area contributed by atoms with Crippen molar-refractivity contribution in [2.75, 3.05) is 13.2 Å². The molecule has 1 N–H and O–H groups in total. The zero-order valence-corrected chi connectivity index (χ0v) is 9.58. The number of aromatic nitrogens is 5. The highest BCUT2D eigenvalue weighted by Crippen LogP contribution is 2.19. The van der Waals surface area contributed by atoms with Crippen molar-refractivity contribution in [3.05, 3.63) is 12.1 Å². The first-order chi connectivity index (χ1) is 8.35. The second kappa shape index (κ2) is 5.51. The lowest BCUT2D eigenvalue weighted by Gasteiger charge is -2.11. The van der Waals surface area contributed by atoms with Crippen molar-refractivity contribution in [3.63, 3.8) is 0 Å². The molecule has 0 saturated heterocycles. The van der Waals surface area contributed by atoms with Crippen molar-refractivity contribution in [2.45, 2.75) is 20.1 Å². The van der Waals surface area contributed by atoms with Gasteiger partial charge in [-0.15, -0.1) is 0 Å². The molecule has 0 amide bonds. The van der Waals surface area contributed by atoms with Crippen molar-refractivity contribution < 1.29 is 14.0 Å². The highest BCUT2D eigenvalue weighted by atomic mass is 16.7. The third-order valence-corrected chi connectivity index (χ3v) is 1.92. The summed E-state index contributed by atoms with van der Waals surface area (Å²) >= 11 is 0. The monoisotopic (exact) mass is 239 g/mol. The SMILES string of the molecule is CCOC(OCC)c1nc(-c2cn[nH]n2)no1. The predicted octanol–water partition coefficient (Wildman–Crippen LogP) is 0.926. The average molecular weight is 239 g/mol. The lowest BCUT2D eigenvalue weighted by atomic mass is 10.4. The molecule has 0 spiro atoms. The van der Waals surface area contributed by atoms with Gasteiger partial charge in [-0.05, 0) is 13.8 Å². The summed E-state index contributed by atoms with van der Waals surface area (Å²) < 4.78 is 15.7. The third kappa shape index (κ3) is 2.66. The van der Waals surface area contributed by atoms with E-state index >= 15 is 0 Å². The molecule has 0 saturated carbocycles. The van der Waals surface area contributed by atoms with Gasteiger partial charge >= 0.3 is 0 Å². The first-order valence-corrected chi connectivity index (χ1v) is 5.28. The Hall–Kier alpha value is -1.80. The zero-order valence-electron chi connectivity index (χ0n) is 9.58. The maximum atomic E-state index is 5.34. The molecular weight excluding hydrogens is 226 g/mol. The molecule has 0 bridgehead atoms. The first kappa shape index (κ1) is 11.7. The van der Waals surface area contributed by atoms with Crippen LogP contribution >= 0.6 is 0 Å². The quantitative estimate of drug-likeness (QED) is 0.748. The van der Waals surface area contributed by atoms with Crippen molar-refractivity contribution in [3.8, 4) is 11.5 Å². The van der Waals surface area contributed by atoms with E-state index in [1.165, 1.54) is 6.20 Å². The molecule has 0 atom stereocenters. The standard InChI is InChI=1S/C9H13N5O3/c1-3-15-9(16-4-2)8-11-7(13-17-8)6-5-10-14-12-6/h5,9H,3-4H2,1-2H3,(H,10,12,14). The molecule has 0 fully saturated rings. The summed E-state index contributed by atoms with van der Waals surface area (Å²) in [7, 11) is 0. The zero-order chi connectivity index (χ0) is 12.1. The number of hydrogen-bond donors (Lipinski definition) is 1. The molecule has 2 aromatic heterocycles. The van der Waals surface area contributed by atoms with Crippen LogP contribution in [-0.2, 0) is 9.47 Å². The summed E-state index contributed by atoms with van der Waals surface area (Å²) in [5, 5.41) is 13.8. The summed E-state index contributed by atoms with van der Waals surface area (Å²) in [6, 6.07) is 0. The summed E-state index contributed by atoms with van der Waals surface area (Å²) in [5.41, 5.74) is 0.506. The number of H-pyrrole nitrogens is 1. The number of nitrogens with zero attached hydrogens (tertiary/aromatic N) is 4. The minimum Gasteiger partial charge on any atom is -0.345 e. The maximum absolute atomic E-state index is 5.34. The average Bonchev–Trinajstić information content (AvgIpc) is 2.99. The van der Waals surface area contributed by atoms with Crippen LogP contribution in [0.5, 0.6) is 0 Å². The third-order valence-electron chi connectivity index (χ3n) is 1.92. The molecule has 0 unspecified atom stereocenters. The van der Waals surface area contributed by atoms with Gasteiger partial charge in [0.1, 0.15) is 0 Å². The molecule has 17 heavy (non-hydrogen) atoms. The van der Waals surface area contributed by atoms with E-state index < -0.39 is 6.29 Å². The Balaban J connectivity index is 2.15. The highest BCUT2D eigenvalue weighted by Gasteiger charge is 2.20. The first-order valence-electron chi connectivity index (χ1n) is 5.28.